The molecule has 2 rings (SSSR count). The Morgan fingerprint density at radius 1 is 1.23 bits per heavy atom. The van der Waals surface area contributed by atoms with Crippen molar-refractivity contribution in [3.63, 3.8) is 0 Å². The van der Waals surface area contributed by atoms with Gasteiger partial charge in [-0.2, -0.15) is 0 Å². The van der Waals surface area contributed by atoms with E-state index in [4.69, 9.17) is 9.47 Å². The second-order valence-corrected chi connectivity index (χ2v) is 6.89. The second kappa shape index (κ2) is 10.2. The van der Waals surface area contributed by atoms with Crippen molar-refractivity contribution < 1.29 is 28.2 Å². The van der Waals surface area contributed by atoms with Crippen molar-refractivity contribution in [3.05, 3.63) is 58.2 Å². The van der Waals surface area contributed by atoms with E-state index >= 15 is 0 Å². The summed E-state index contributed by atoms with van der Waals surface area (Å²) in [5, 5.41) is 0. The minimum Gasteiger partial charge on any atom is -0.461 e. The molecule has 30 heavy (non-hydrogen) atoms. The van der Waals surface area contributed by atoms with E-state index in [-0.39, 0.29) is 36.8 Å². The largest absolute Gasteiger partial charge is 0.461 e. The fraction of sp³-hybridized carbons (Fsp3) is 0.409. The van der Waals surface area contributed by atoms with Crippen molar-refractivity contribution in [2.75, 3.05) is 26.9 Å². The fourth-order valence-corrected chi connectivity index (χ4v) is 3.33. The fourth-order valence-electron chi connectivity index (χ4n) is 3.33. The van der Waals surface area contributed by atoms with Crippen LogP contribution in [0.25, 0.3) is 0 Å². The van der Waals surface area contributed by atoms with Crippen LogP contribution in [-0.2, 0) is 9.47 Å². The molecule has 1 aromatic heterocycles. The number of aryl methyl sites for hydroxylation is 1. The van der Waals surface area contributed by atoms with E-state index < -0.39 is 23.7 Å². The molecule has 1 amide bonds. The Bertz CT molecular complexity index is 938. The summed E-state index contributed by atoms with van der Waals surface area (Å²) in [5.41, 5.74) is 1.66. The molecule has 1 atom stereocenters. The number of carbonyl (C=O) groups excluding carboxylic acids is 3. The van der Waals surface area contributed by atoms with E-state index in [0.717, 1.165) is 6.07 Å². The van der Waals surface area contributed by atoms with Crippen molar-refractivity contribution in [2.45, 2.75) is 33.7 Å². The van der Waals surface area contributed by atoms with E-state index in [9.17, 15) is 18.8 Å². The highest BCUT2D eigenvalue weighted by atomic mass is 19.1. The third-order valence-electron chi connectivity index (χ3n) is 4.88. The van der Waals surface area contributed by atoms with Crippen molar-refractivity contribution >= 4 is 17.7 Å². The monoisotopic (exact) mass is 418 g/mol. The highest BCUT2D eigenvalue weighted by Crippen LogP contribution is 2.23. The number of esters is 1. The first-order valence-corrected chi connectivity index (χ1v) is 9.68. The maximum Gasteiger partial charge on any atom is 0.355 e. The number of Topliss-reactive ketones (excluding diaryl/α,β-unsaturated/α-hetero) is 1. The number of amides is 1. The zero-order valence-corrected chi connectivity index (χ0v) is 17.9. The van der Waals surface area contributed by atoms with Gasteiger partial charge in [-0.15, -0.1) is 0 Å². The zero-order chi connectivity index (χ0) is 22.4. The lowest BCUT2D eigenvalue weighted by Crippen LogP contribution is -2.45. The number of nitrogens with one attached hydrogen (secondary N) is 1. The van der Waals surface area contributed by atoms with Crippen molar-refractivity contribution in [3.8, 4) is 0 Å². The van der Waals surface area contributed by atoms with E-state index in [1.54, 1.807) is 27.7 Å². The van der Waals surface area contributed by atoms with Gasteiger partial charge < -0.3 is 19.4 Å². The number of aromatic amines is 1. The number of benzene rings is 1. The second-order valence-electron chi connectivity index (χ2n) is 6.89. The number of methoxy groups -OCH3 is 1. The molecule has 0 aliphatic rings. The maximum atomic E-state index is 13.6. The molecule has 1 unspecified atom stereocenters. The highest BCUT2D eigenvalue weighted by Gasteiger charge is 2.31. The lowest BCUT2D eigenvalue weighted by molar-refractivity contribution is 0.0518. The van der Waals surface area contributed by atoms with Gasteiger partial charge in [0.25, 0.3) is 5.91 Å². The average Bonchev–Trinajstić information content (AvgIpc) is 3.01. The molecule has 2 aromatic rings. The van der Waals surface area contributed by atoms with Gasteiger partial charge in [0.05, 0.1) is 19.3 Å². The number of aromatic nitrogens is 1. The zero-order valence-electron chi connectivity index (χ0n) is 17.9. The number of rotatable bonds is 9. The predicted octanol–water partition coefficient (Wildman–Crippen LogP) is 3.31. The van der Waals surface area contributed by atoms with Gasteiger partial charge in [-0.05, 0) is 51.5 Å². The standard InChI is InChI=1S/C22H27FN2O5/c1-6-30-22(28)19-13(2)18(14(3)24-19)20(26)15(4)25(10-11-29-5)21(27)16-8-7-9-17(23)12-16/h7-9,12,15,24H,6,10-11H2,1-5H3. The molecule has 0 saturated carbocycles. The summed E-state index contributed by atoms with van der Waals surface area (Å²) in [4.78, 5) is 42.7. The van der Waals surface area contributed by atoms with E-state index in [1.165, 1.54) is 30.2 Å². The highest BCUT2D eigenvalue weighted by molar-refractivity contribution is 6.07. The van der Waals surface area contributed by atoms with Crippen LogP contribution in [-0.4, -0.2) is 60.5 Å². The van der Waals surface area contributed by atoms with Crippen LogP contribution < -0.4 is 0 Å². The van der Waals surface area contributed by atoms with Crippen LogP contribution in [0.1, 0.15) is 56.3 Å². The first-order chi connectivity index (χ1) is 14.2. The van der Waals surface area contributed by atoms with Crippen LogP contribution in [0.15, 0.2) is 24.3 Å². The van der Waals surface area contributed by atoms with Crippen LogP contribution in [0.4, 0.5) is 4.39 Å². The van der Waals surface area contributed by atoms with Crippen LogP contribution in [0.2, 0.25) is 0 Å². The predicted molar refractivity (Wildman–Crippen MR) is 109 cm³/mol. The number of H-pyrrole nitrogens is 1. The number of hydrogen-bond acceptors (Lipinski definition) is 5. The van der Waals surface area contributed by atoms with Gasteiger partial charge in [0, 0.05) is 30.5 Å². The first kappa shape index (κ1) is 23.3. The topological polar surface area (TPSA) is 88.7 Å². The Morgan fingerprint density at radius 2 is 1.93 bits per heavy atom. The molecular formula is C22H27FN2O5. The Balaban J connectivity index is 2.38. The molecule has 162 valence electrons. The van der Waals surface area contributed by atoms with Crippen LogP contribution in [0.5, 0.6) is 0 Å². The smallest absolute Gasteiger partial charge is 0.355 e. The molecule has 0 aliphatic heterocycles. The third-order valence-corrected chi connectivity index (χ3v) is 4.88. The molecule has 1 heterocycles. The quantitative estimate of drug-likeness (QED) is 0.499. The van der Waals surface area contributed by atoms with Crippen molar-refractivity contribution in [2.24, 2.45) is 0 Å². The molecule has 1 N–H and O–H groups in total. The van der Waals surface area contributed by atoms with Crippen LogP contribution in [0.3, 0.4) is 0 Å². The number of hydrogen-bond donors (Lipinski definition) is 1. The summed E-state index contributed by atoms with van der Waals surface area (Å²) >= 11 is 0. The minimum absolute atomic E-state index is 0.139. The summed E-state index contributed by atoms with van der Waals surface area (Å²) in [6.07, 6.45) is 0. The molecule has 0 saturated heterocycles. The molecule has 0 fully saturated rings. The number of carbonyl (C=O) groups is 3. The number of ketones is 1. The maximum absolute atomic E-state index is 13.6. The van der Waals surface area contributed by atoms with Gasteiger partial charge in [-0.1, -0.05) is 6.07 Å². The Kier molecular flexibility index (Phi) is 7.88. The van der Waals surface area contributed by atoms with Crippen molar-refractivity contribution in [1.82, 2.24) is 9.88 Å². The molecule has 1 aromatic carbocycles. The Labute approximate surface area is 175 Å². The summed E-state index contributed by atoms with van der Waals surface area (Å²) < 4.78 is 23.7. The van der Waals surface area contributed by atoms with E-state index in [2.05, 4.69) is 4.98 Å². The molecule has 0 radical (unpaired) electrons. The average molecular weight is 418 g/mol. The molecule has 7 nitrogen and oxygen atoms in total. The minimum atomic E-state index is -0.862. The first-order valence-electron chi connectivity index (χ1n) is 9.68. The molecule has 0 aliphatic carbocycles. The van der Waals surface area contributed by atoms with Gasteiger partial charge in [0.1, 0.15) is 11.5 Å². The van der Waals surface area contributed by atoms with Gasteiger partial charge in [-0.25, -0.2) is 9.18 Å². The molecule has 0 bridgehead atoms. The molecular weight excluding hydrogens is 391 g/mol. The van der Waals surface area contributed by atoms with E-state index in [0.29, 0.717) is 16.8 Å². The van der Waals surface area contributed by atoms with Gasteiger partial charge in [0.15, 0.2) is 5.78 Å². The normalized spacial score (nSPS) is 11.8. The summed E-state index contributed by atoms with van der Waals surface area (Å²) in [6.45, 7) is 7.20. The van der Waals surface area contributed by atoms with Crippen molar-refractivity contribution in [1.29, 1.82) is 0 Å². The number of nitrogens with zero attached hydrogens (tertiary/aromatic N) is 1. The number of ether oxygens (including phenoxy) is 2. The van der Waals surface area contributed by atoms with E-state index in [1.807, 2.05) is 0 Å². The lowest BCUT2D eigenvalue weighted by atomic mass is 9.99. The van der Waals surface area contributed by atoms with Gasteiger partial charge in [0.2, 0.25) is 0 Å². The van der Waals surface area contributed by atoms with Gasteiger partial charge >= 0.3 is 5.97 Å². The molecule has 8 heteroatoms. The van der Waals surface area contributed by atoms with Gasteiger partial charge in [-0.3, -0.25) is 9.59 Å². The summed E-state index contributed by atoms with van der Waals surface area (Å²) in [7, 11) is 1.49. The lowest BCUT2D eigenvalue weighted by Gasteiger charge is -2.28. The molecule has 0 spiro atoms. The summed E-state index contributed by atoms with van der Waals surface area (Å²) in [5.74, 6) is -1.90. The Hall–Kier alpha value is -3.00. The Morgan fingerprint density at radius 3 is 2.53 bits per heavy atom. The SMILES string of the molecule is CCOC(=O)c1[nH]c(C)c(C(=O)C(C)N(CCOC)C(=O)c2cccc(F)c2)c1C. The van der Waals surface area contributed by atoms with Crippen LogP contribution in [0, 0.1) is 19.7 Å². The van der Waals surface area contributed by atoms with Crippen LogP contribution >= 0.6 is 0 Å². The summed E-state index contributed by atoms with van der Waals surface area (Å²) in [6, 6.07) is 4.45. The number of halogens is 1. The third kappa shape index (κ3) is 4.94.